The summed E-state index contributed by atoms with van der Waals surface area (Å²) in [5.74, 6) is 0.347. The fraction of sp³-hybridized carbons (Fsp3) is 0.143. The maximum Gasteiger partial charge on any atom is 0.325 e. The Morgan fingerprint density at radius 1 is 1.07 bits per heavy atom. The molecule has 8 nitrogen and oxygen atoms in total. The van der Waals surface area contributed by atoms with Crippen molar-refractivity contribution in [3.63, 3.8) is 0 Å². The number of nitrogens with one attached hydrogen (secondary N) is 2. The van der Waals surface area contributed by atoms with Crippen molar-refractivity contribution in [3.05, 3.63) is 66.2 Å². The van der Waals surface area contributed by atoms with Gasteiger partial charge in [0.25, 0.3) is 5.91 Å². The van der Waals surface area contributed by atoms with Gasteiger partial charge in [-0.05, 0) is 24.3 Å². The molecule has 0 aliphatic heterocycles. The minimum atomic E-state index is -0.410. The molecule has 0 radical (unpaired) electrons. The summed E-state index contributed by atoms with van der Waals surface area (Å²) >= 11 is 0. The molecule has 0 saturated carbocycles. The van der Waals surface area contributed by atoms with Crippen molar-refractivity contribution < 1.29 is 18.7 Å². The van der Waals surface area contributed by atoms with Crippen LogP contribution in [0, 0.1) is 0 Å². The zero-order chi connectivity index (χ0) is 20.2. The van der Waals surface area contributed by atoms with E-state index in [0.29, 0.717) is 22.7 Å². The van der Waals surface area contributed by atoms with E-state index in [1.54, 1.807) is 12.1 Å². The third-order valence-electron chi connectivity index (χ3n) is 4.33. The van der Waals surface area contributed by atoms with Crippen LogP contribution in [-0.2, 0) is 16.1 Å². The molecular weight excluding hydrogens is 372 g/mol. The molecule has 2 aromatic carbocycles. The Morgan fingerprint density at radius 2 is 1.86 bits per heavy atom. The van der Waals surface area contributed by atoms with E-state index in [1.807, 2.05) is 42.5 Å². The van der Waals surface area contributed by atoms with Crippen molar-refractivity contribution in [3.8, 4) is 0 Å². The lowest BCUT2D eigenvalue weighted by Gasteiger charge is -2.10. The number of aromatic nitrogens is 2. The van der Waals surface area contributed by atoms with Crippen LogP contribution in [0.3, 0.4) is 0 Å². The van der Waals surface area contributed by atoms with E-state index in [-0.39, 0.29) is 24.8 Å². The smallest absolute Gasteiger partial charge is 0.325 e. The lowest BCUT2D eigenvalue weighted by Crippen LogP contribution is -2.24. The lowest BCUT2D eigenvalue weighted by molar-refractivity contribution is -0.138. The van der Waals surface area contributed by atoms with Gasteiger partial charge in [0.05, 0.1) is 19.2 Å². The molecule has 2 aromatic heterocycles. The predicted molar refractivity (Wildman–Crippen MR) is 107 cm³/mol. The Morgan fingerprint density at radius 3 is 2.69 bits per heavy atom. The topological polar surface area (TPSA) is 106 Å². The van der Waals surface area contributed by atoms with Gasteiger partial charge in [-0.25, -0.2) is 9.97 Å². The minimum absolute atomic E-state index is 0.0255. The van der Waals surface area contributed by atoms with E-state index in [0.717, 1.165) is 10.8 Å². The number of nitrogens with zero attached hydrogens (tertiary/aromatic N) is 2. The fourth-order valence-corrected chi connectivity index (χ4v) is 2.91. The van der Waals surface area contributed by atoms with E-state index in [4.69, 9.17) is 4.42 Å². The third kappa shape index (κ3) is 4.01. The van der Waals surface area contributed by atoms with Gasteiger partial charge in [0, 0.05) is 10.8 Å². The van der Waals surface area contributed by atoms with Gasteiger partial charge in [-0.3, -0.25) is 9.59 Å². The predicted octanol–water partition coefficient (Wildman–Crippen LogP) is 2.89. The second-order valence-corrected chi connectivity index (χ2v) is 6.27. The summed E-state index contributed by atoms with van der Waals surface area (Å²) < 4.78 is 10.2. The number of hydrogen-bond donors (Lipinski definition) is 2. The number of ether oxygens (including phenoxy) is 1. The number of rotatable bonds is 6. The summed E-state index contributed by atoms with van der Waals surface area (Å²) in [6.07, 6.45) is 0. The molecule has 0 saturated heterocycles. The molecule has 0 atom stereocenters. The molecule has 146 valence electrons. The standard InChI is InChI=1S/C21H18N4O4/c1-28-19(26)12-22-20-14-7-3-4-8-15(14)24-18(25-20)11-23-21(27)17-10-13-6-2-5-9-16(13)29-17/h2-10H,11-12H2,1H3,(H,23,27)(H,22,24,25). The molecule has 0 aliphatic rings. The summed E-state index contributed by atoms with van der Waals surface area (Å²) in [7, 11) is 1.32. The van der Waals surface area contributed by atoms with Crippen LogP contribution < -0.4 is 10.6 Å². The first-order valence-electron chi connectivity index (χ1n) is 8.97. The van der Waals surface area contributed by atoms with E-state index < -0.39 is 5.97 Å². The second-order valence-electron chi connectivity index (χ2n) is 6.27. The van der Waals surface area contributed by atoms with Gasteiger partial charge in [0.15, 0.2) is 11.6 Å². The average molecular weight is 390 g/mol. The zero-order valence-electron chi connectivity index (χ0n) is 15.6. The second kappa shape index (κ2) is 7.97. The quantitative estimate of drug-likeness (QED) is 0.488. The highest BCUT2D eigenvalue weighted by atomic mass is 16.5. The van der Waals surface area contributed by atoms with E-state index in [9.17, 15) is 9.59 Å². The van der Waals surface area contributed by atoms with E-state index >= 15 is 0 Å². The maximum absolute atomic E-state index is 12.5. The van der Waals surface area contributed by atoms with E-state index in [2.05, 4.69) is 25.3 Å². The van der Waals surface area contributed by atoms with Crippen molar-refractivity contribution >= 4 is 39.6 Å². The molecule has 29 heavy (non-hydrogen) atoms. The normalized spacial score (nSPS) is 10.8. The number of esters is 1. The van der Waals surface area contributed by atoms with E-state index in [1.165, 1.54) is 7.11 Å². The summed E-state index contributed by atoms with van der Waals surface area (Å²) in [6.45, 7) is 0.0793. The number of fused-ring (bicyclic) bond motifs is 2. The van der Waals surface area contributed by atoms with Crippen LogP contribution in [0.4, 0.5) is 5.82 Å². The molecule has 0 aliphatic carbocycles. The molecule has 8 heteroatoms. The molecule has 4 rings (SSSR count). The van der Waals surface area contributed by atoms with Crippen LogP contribution in [0.5, 0.6) is 0 Å². The average Bonchev–Trinajstić information content (AvgIpc) is 3.20. The Bertz CT molecular complexity index is 1170. The van der Waals surface area contributed by atoms with Crippen LogP contribution >= 0.6 is 0 Å². The van der Waals surface area contributed by atoms with Crippen molar-refractivity contribution in [2.45, 2.75) is 6.54 Å². The minimum Gasteiger partial charge on any atom is -0.468 e. The highest BCUT2D eigenvalue weighted by Crippen LogP contribution is 2.21. The zero-order valence-corrected chi connectivity index (χ0v) is 15.6. The Kier molecular flexibility index (Phi) is 5.07. The van der Waals surface area contributed by atoms with Gasteiger partial charge in [0.1, 0.15) is 17.9 Å². The van der Waals surface area contributed by atoms with Crippen molar-refractivity contribution in [2.75, 3.05) is 19.0 Å². The molecule has 0 fully saturated rings. The summed E-state index contributed by atoms with van der Waals surface area (Å²) in [5.41, 5.74) is 1.34. The first-order chi connectivity index (χ1) is 14.1. The van der Waals surface area contributed by atoms with Gasteiger partial charge in [-0.1, -0.05) is 30.3 Å². The number of carbonyl (C=O) groups is 2. The first-order valence-corrected chi connectivity index (χ1v) is 8.97. The number of para-hydroxylation sites is 2. The molecular formula is C21H18N4O4. The first kappa shape index (κ1) is 18.4. The van der Waals surface area contributed by atoms with Crippen LogP contribution in [0.25, 0.3) is 21.9 Å². The highest BCUT2D eigenvalue weighted by molar-refractivity contribution is 5.96. The molecule has 4 aromatic rings. The Labute approximate surface area is 165 Å². The number of anilines is 1. The van der Waals surface area contributed by atoms with Gasteiger partial charge in [-0.2, -0.15) is 0 Å². The van der Waals surface area contributed by atoms with Crippen molar-refractivity contribution in [1.29, 1.82) is 0 Å². The monoisotopic (exact) mass is 390 g/mol. The number of methoxy groups -OCH3 is 1. The molecule has 0 spiro atoms. The molecule has 2 heterocycles. The van der Waals surface area contributed by atoms with Crippen molar-refractivity contribution in [1.82, 2.24) is 15.3 Å². The third-order valence-corrected chi connectivity index (χ3v) is 4.33. The largest absolute Gasteiger partial charge is 0.468 e. The fourth-order valence-electron chi connectivity index (χ4n) is 2.91. The van der Waals surface area contributed by atoms with Crippen LogP contribution in [0.15, 0.2) is 59.0 Å². The van der Waals surface area contributed by atoms with Crippen LogP contribution in [0.2, 0.25) is 0 Å². The van der Waals surface area contributed by atoms with Gasteiger partial charge in [-0.15, -0.1) is 0 Å². The van der Waals surface area contributed by atoms with Gasteiger partial charge in [0.2, 0.25) is 0 Å². The maximum atomic E-state index is 12.5. The van der Waals surface area contributed by atoms with Crippen LogP contribution in [0.1, 0.15) is 16.4 Å². The summed E-state index contributed by atoms with van der Waals surface area (Å²) in [4.78, 5) is 32.8. The lowest BCUT2D eigenvalue weighted by atomic mass is 10.2. The summed E-state index contributed by atoms with van der Waals surface area (Å²) in [6, 6.07) is 16.5. The van der Waals surface area contributed by atoms with Gasteiger partial charge < -0.3 is 19.8 Å². The molecule has 0 bridgehead atoms. The number of amides is 1. The highest BCUT2D eigenvalue weighted by Gasteiger charge is 2.14. The Balaban J connectivity index is 1.53. The number of furan rings is 1. The number of benzene rings is 2. The molecule has 0 unspecified atom stereocenters. The number of carbonyl (C=O) groups excluding carboxylic acids is 2. The SMILES string of the molecule is COC(=O)CNc1nc(CNC(=O)c2cc3ccccc3o2)nc2ccccc12. The van der Waals surface area contributed by atoms with Crippen molar-refractivity contribution in [2.24, 2.45) is 0 Å². The summed E-state index contributed by atoms with van der Waals surface area (Å²) in [5, 5.41) is 7.35. The molecule has 1 amide bonds. The van der Waals surface area contributed by atoms with Gasteiger partial charge >= 0.3 is 5.97 Å². The number of hydrogen-bond acceptors (Lipinski definition) is 7. The molecule has 2 N–H and O–H groups in total. The van der Waals surface area contributed by atoms with Crippen LogP contribution in [-0.4, -0.2) is 35.5 Å². The Hall–Kier alpha value is -3.94.